The van der Waals surface area contributed by atoms with E-state index in [1.807, 2.05) is 48.8 Å². The number of rotatable bonds is 8. The molecule has 0 unspecified atom stereocenters. The van der Waals surface area contributed by atoms with Crippen LogP contribution in [0.15, 0.2) is 48.8 Å². The highest BCUT2D eigenvalue weighted by molar-refractivity contribution is 6.39. The number of anilines is 3. The Morgan fingerprint density at radius 3 is 2.00 bits per heavy atom. The smallest absolute Gasteiger partial charge is 0.475 e. The quantitative estimate of drug-likeness (QED) is 0.312. The maximum absolute atomic E-state index is 12.4. The van der Waals surface area contributed by atoms with Crippen LogP contribution in [-0.2, 0) is 14.4 Å². The van der Waals surface area contributed by atoms with Crippen LogP contribution < -0.4 is 20.4 Å². The van der Waals surface area contributed by atoms with Gasteiger partial charge in [0.05, 0.1) is 0 Å². The second-order valence-electron chi connectivity index (χ2n) is 9.87. The van der Waals surface area contributed by atoms with E-state index in [2.05, 4.69) is 42.1 Å². The van der Waals surface area contributed by atoms with Gasteiger partial charge in [-0.05, 0) is 49.8 Å². The number of halogens is 3. The van der Waals surface area contributed by atoms with Crippen LogP contribution in [0, 0.1) is 0 Å². The molecule has 0 spiro atoms. The molecule has 0 radical (unpaired) electrons. The summed E-state index contributed by atoms with van der Waals surface area (Å²) in [5.41, 5.74) is 2.93. The standard InChI is InChI=1S/C26H37N7O2.C2HF3O2/c1-2-30-13-17-33(18-14-30)24-6-3-5-22(21-24)29-26(35)25(34)28-9-4-12-31-15-19-32(20-16-31)23-7-10-27-11-8-23;3-2(4,5)1(6)7/h3,5-8,10-11,21H,2,4,9,12-20H2,1H3,(H,28,34)(H,29,35);(H,6,7). The lowest BCUT2D eigenvalue weighted by Crippen LogP contribution is -2.47. The van der Waals surface area contributed by atoms with Crippen molar-refractivity contribution in [2.75, 3.05) is 87.1 Å². The Labute approximate surface area is 243 Å². The fraction of sp³-hybridized carbons (Fsp3) is 0.500. The van der Waals surface area contributed by atoms with Crippen molar-refractivity contribution in [1.29, 1.82) is 0 Å². The van der Waals surface area contributed by atoms with Crippen molar-refractivity contribution in [3.63, 3.8) is 0 Å². The zero-order valence-electron chi connectivity index (χ0n) is 23.6. The lowest BCUT2D eigenvalue weighted by molar-refractivity contribution is -0.192. The molecule has 2 aliphatic rings. The molecule has 42 heavy (non-hydrogen) atoms. The SMILES string of the molecule is CCN1CCN(c2cccc(NC(=O)C(=O)NCCCN3CCN(c4ccncc4)CC3)c2)CC1.O=C(O)C(F)(F)F. The number of hydrogen-bond donors (Lipinski definition) is 3. The predicted octanol–water partition coefficient (Wildman–Crippen LogP) is 2.12. The first-order chi connectivity index (χ1) is 20.1. The molecule has 14 heteroatoms. The number of aromatic nitrogens is 1. The molecule has 2 amide bonds. The molecule has 1 aromatic heterocycles. The highest BCUT2D eigenvalue weighted by atomic mass is 19.4. The van der Waals surface area contributed by atoms with Crippen molar-refractivity contribution in [2.24, 2.45) is 0 Å². The molecular formula is C28H38F3N7O4. The van der Waals surface area contributed by atoms with Crippen LogP contribution >= 0.6 is 0 Å². The van der Waals surface area contributed by atoms with Crippen LogP contribution in [-0.4, -0.2) is 116 Å². The summed E-state index contributed by atoms with van der Waals surface area (Å²) in [6, 6.07) is 11.8. The molecule has 0 bridgehead atoms. The van der Waals surface area contributed by atoms with Gasteiger partial charge in [-0.15, -0.1) is 0 Å². The highest BCUT2D eigenvalue weighted by Crippen LogP contribution is 2.21. The number of carboxylic acids is 1. The van der Waals surface area contributed by atoms with Crippen LogP contribution in [0.2, 0.25) is 0 Å². The van der Waals surface area contributed by atoms with E-state index in [0.29, 0.717) is 12.2 Å². The molecule has 0 aliphatic carbocycles. The van der Waals surface area contributed by atoms with Crippen molar-refractivity contribution in [1.82, 2.24) is 20.1 Å². The third-order valence-corrected chi connectivity index (χ3v) is 7.07. The number of likely N-dealkylation sites (N-methyl/N-ethyl adjacent to an activating group) is 1. The van der Waals surface area contributed by atoms with E-state index in [1.165, 1.54) is 5.69 Å². The molecule has 2 fully saturated rings. The number of amides is 2. The van der Waals surface area contributed by atoms with E-state index in [-0.39, 0.29) is 0 Å². The monoisotopic (exact) mass is 593 g/mol. The van der Waals surface area contributed by atoms with Gasteiger partial charge in [-0.3, -0.25) is 19.5 Å². The summed E-state index contributed by atoms with van der Waals surface area (Å²) in [6.45, 7) is 12.6. The number of alkyl halides is 3. The summed E-state index contributed by atoms with van der Waals surface area (Å²) in [5.74, 6) is -3.97. The zero-order valence-corrected chi connectivity index (χ0v) is 23.6. The van der Waals surface area contributed by atoms with Gasteiger partial charge in [0.15, 0.2) is 0 Å². The summed E-state index contributed by atoms with van der Waals surface area (Å²) < 4.78 is 31.7. The number of nitrogens with zero attached hydrogens (tertiary/aromatic N) is 5. The van der Waals surface area contributed by atoms with Gasteiger partial charge in [0, 0.05) is 88.4 Å². The van der Waals surface area contributed by atoms with E-state index in [0.717, 1.165) is 77.6 Å². The molecule has 4 rings (SSSR count). The number of carbonyl (C=O) groups is 3. The highest BCUT2D eigenvalue weighted by Gasteiger charge is 2.38. The van der Waals surface area contributed by atoms with Crippen molar-refractivity contribution in [3.05, 3.63) is 48.8 Å². The lowest BCUT2D eigenvalue weighted by Gasteiger charge is -2.36. The Hall–Kier alpha value is -3.91. The van der Waals surface area contributed by atoms with Crippen molar-refractivity contribution in [3.8, 4) is 0 Å². The molecule has 0 atom stereocenters. The molecular weight excluding hydrogens is 555 g/mol. The van der Waals surface area contributed by atoms with Crippen LogP contribution in [0.4, 0.5) is 30.2 Å². The Bertz CT molecular complexity index is 1150. The van der Waals surface area contributed by atoms with Gasteiger partial charge in [0.2, 0.25) is 0 Å². The minimum Gasteiger partial charge on any atom is -0.475 e. The number of pyridine rings is 1. The molecule has 11 nitrogen and oxygen atoms in total. The number of aliphatic carboxylic acids is 1. The molecule has 230 valence electrons. The fourth-order valence-corrected chi connectivity index (χ4v) is 4.66. The van der Waals surface area contributed by atoms with Gasteiger partial charge in [-0.2, -0.15) is 13.2 Å². The predicted molar refractivity (Wildman–Crippen MR) is 154 cm³/mol. The van der Waals surface area contributed by atoms with E-state index in [4.69, 9.17) is 9.90 Å². The maximum Gasteiger partial charge on any atom is 0.490 e. The van der Waals surface area contributed by atoms with E-state index in [1.54, 1.807) is 0 Å². The van der Waals surface area contributed by atoms with Gasteiger partial charge >= 0.3 is 24.0 Å². The van der Waals surface area contributed by atoms with Crippen LogP contribution in [0.25, 0.3) is 0 Å². The van der Waals surface area contributed by atoms with Gasteiger partial charge in [-0.1, -0.05) is 13.0 Å². The Morgan fingerprint density at radius 1 is 0.857 bits per heavy atom. The number of hydrogen-bond acceptors (Lipinski definition) is 8. The summed E-state index contributed by atoms with van der Waals surface area (Å²) in [5, 5.41) is 12.6. The number of nitrogens with one attached hydrogen (secondary N) is 2. The Morgan fingerprint density at radius 2 is 1.43 bits per heavy atom. The number of carboxylic acid groups (broad SMARTS) is 1. The number of piperazine rings is 2. The molecule has 2 aliphatic heterocycles. The van der Waals surface area contributed by atoms with Crippen LogP contribution in [0.3, 0.4) is 0 Å². The zero-order chi connectivity index (χ0) is 30.5. The number of benzene rings is 1. The Kier molecular flexibility index (Phi) is 12.4. The minimum atomic E-state index is -5.08. The average Bonchev–Trinajstić information content (AvgIpc) is 3.00. The summed E-state index contributed by atoms with van der Waals surface area (Å²) in [7, 11) is 0. The molecule has 2 aromatic rings. The van der Waals surface area contributed by atoms with E-state index in [9.17, 15) is 22.8 Å². The van der Waals surface area contributed by atoms with Crippen LogP contribution in [0.1, 0.15) is 13.3 Å². The third-order valence-electron chi connectivity index (χ3n) is 7.07. The van der Waals surface area contributed by atoms with Gasteiger partial charge in [-0.25, -0.2) is 4.79 Å². The van der Waals surface area contributed by atoms with Crippen molar-refractivity contribution >= 4 is 34.8 Å². The second-order valence-corrected chi connectivity index (χ2v) is 9.87. The molecule has 2 saturated heterocycles. The third kappa shape index (κ3) is 10.5. The first-order valence-electron chi connectivity index (χ1n) is 13.9. The van der Waals surface area contributed by atoms with Crippen molar-refractivity contribution < 1.29 is 32.7 Å². The summed E-state index contributed by atoms with van der Waals surface area (Å²) >= 11 is 0. The number of carbonyl (C=O) groups excluding carboxylic acids is 2. The Balaban J connectivity index is 0.000000616. The largest absolute Gasteiger partial charge is 0.490 e. The fourth-order valence-electron chi connectivity index (χ4n) is 4.66. The summed E-state index contributed by atoms with van der Waals surface area (Å²) in [6.07, 6.45) is -0.620. The second kappa shape index (κ2) is 15.9. The molecule has 3 heterocycles. The van der Waals surface area contributed by atoms with E-state index >= 15 is 0 Å². The molecule has 0 saturated carbocycles. The average molecular weight is 594 g/mol. The van der Waals surface area contributed by atoms with Gasteiger partial charge in [0.25, 0.3) is 0 Å². The first kappa shape index (κ1) is 32.6. The van der Waals surface area contributed by atoms with E-state index < -0.39 is 24.0 Å². The lowest BCUT2D eigenvalue weighted by atomic mass is 10.2. The topological polar surface area (TPSA) is 121 Å². The van der Waals surface area contributed by atoms with Gasteiger partial charge < -0.3 is 30.4 Å². The summed E-state index contributed by atoms with van der Waals surface area (Å²) in [4.78, 5) is 47.2. The minimum absolute atomic E-state index is 0.485. The normalized spacial score (nSPS) is 16.3. The molecule has 3 N–H and O–H groups in total. The van der Waals surface area contributed by atoms with Gasteiger partial charge in [0.1, 0.15) is 0 Å². The first-order valence-corrected chi connectivity index (χ1v) is 13.9. The molecule has 1 aromatic carbocycles. The maximum atomic E-state index is 12.4. The van der Waals surface area contributed by atoms with Crippen LogP contribution in [0.5, 0.6) is 0 Å². The van der Waals surface area contributed by atoms with Crippen molar-refractivity contribution in [2.45, 2.75) is 19.5 Å².